The Bertz CT molecular complexity index is 576. The van der Waals surface area contributed by atoms with E-state index >= 15 is 0 Å². The van der Waals surface area contributed by atoms with Crippen LogP contribution in [-0.2, 0) is 11.2 Å². The molecule has 0 aliphatic rings. The second-order valence-corrected chi connectivity index (χ2v) is 4.83. The number of aliphatic carboxylic acids is 1. The van der Waals surface area contributed by atoms with Gasteiger partial charge in [0.15, 0.2) is 0 Å². The molecule has 0 aliphatic carbocycles. The van der Waals surface area contributed by atoms with Crippen LogP contribution >= 0.6 is 0 Å². The smallest absolute Gasteiger partial charge is 0.303 e. The highest BCUT2D eigenvalue weighted by atomic mass is 16.4. The Morgan fingerprint density at radius 2 is 2.11 bits per heavy atom. The van der Waals surface area contributed by atoms with Crippen LogP contribution in [0.2, 0.25) is 0 Å². The third-order valence-corrected chi connectivity index (χ3v) is 3.10. The third kappa shape index (κ3) is 2.67. The van der Waals surface area contributed by atoms with Gasteiger partial charge in [0.25, 0.3) is 0 Å². The monoisotopic (exact) mass is 243 g/mol. The van der Waals surface area contributed by atoms with E-state index in [0.717, 1.165) is 10.9 Å². The number of benzene rings is 1. The summed E-state index contributed by atoms with van der Waals surface area (Å²) in [6.45, 7) is 4.30. The number of carboxylic acid groups (broad SMARTS) is 1. The summed E-state index contributed by atoms with van der Waals surface area (Å²) in [5.74, 6) is -0.324. The Balaban J connectivity index is 2.37. The first-order valence-corrected chi connectivity index (χ1v) is 6.16. The number of carboxylic acids is 1. The van der Waals surface area contributed by atoms with Crippen molar-refractivity contribution >= 4 is 16.7 Å². The summed E-state index contributed by atoms with van der Waals surface area (Å²) in [5.41, 5.74) is 2.28. The second kappa shape index (κ2) is 5.17. The molecule has 3 nitrogen and oxygen atoms in total. The Kier molecular flexibility index (Phi) is 3.60. The molecule has 2 aromatic rings. The molecule has 18 heavy (non-hydrogen) atoms. The lowest BCUT2D eigenvalue weighted by Crippen LogP contribution is -1.98. The molecule has 0 bridgehead atoms. The fourth-order valence-corrected chi connectivity index (χ4v) is 2.12. The van der Waals surface area contributed by atoms with Crippen LogP contribution in [0.15, 0.2) is 30.6 Å². The van der Waals surface area contributed by atoms with Crippen molar-refractivity contribution in [2.24, 2.45) is 0 Å². The van der Waals surface area contributed by atoms with E-state index in [4.69, 9.17) is 5.11 Å². The van der Waals surface area contributed by atoms with Crippen molar-refractivity contribution < 1.29 is 9.90 Å². The van der Waals surface area contributed by atoms with Crippen molar-refractivity contribution in [2.45, 2.75) is 32.6 Å². The van der Waals surface area contributed by atoms with E-state index in [1.807, 2.05) is 24.5 Å². The van der Waals surface area contributed by atoms with Crippen molar-refractivity contribution in [3.63, 3.8) is 0 Å². The maximum Gasteiger partial charge on any atom is 0.303 e. The molecule has 0 spiro atoms. The highest BCUT2D eigenvalue weighted by Crippen LogP contribution is 2.25. The zero-order valence-electron chi connectivity index (χ0n) is 10.7. The number of hydrogen-bond donors (Lipinski definition) is 1. The van der Waals surface area contributed by atoms with Gasteiger partial charge in [-0.15, -0.1) is 0 Å². The Morgan fingerprint density at radius 1 is 1.33 bits per heavy atom. The minimum absolute atomic E-state index is 0.169. The fraction of sp³-hybridized carbons (Fsp3) is 0.333. The fourth-order valence-electron chi connectivity index (χ4n) is 2.12. The van der Waals surface area contributed by atoms with Crippen LogP contribution in [0.5, 0.6) is 0 Å². The molecule has 1 aromatic carbocycles. The number of carbonyl (C=O) groups is 1. The summed E-state index contributed by atoms with van der Waals surface area (Å²) < 4.78 is 0. The quantitative estimate of drug-likeness (QED) is 0.895. The van der Waals surface area contributed by atoms with Crippen LogP contribution in [0.25, 0.3) is 10.8 Å². The van der Waals surface area contributed by atoms with Gasteiger partial charge in [0, 0.05) is 24.2 Å². The van der Waals surface area contributed by atoms with E-state index in [0.29, 0.717) is 12.3 Å². The van der Waals surface area contributed by atoms with Crippen LogP contribution < -0.4 is 0 Å². The van der Waals surface area contributed by atoms with Gasteiger partial charge in [-0.1, -0.05) is 26.0 Å². The van der Waals surface area contributed by atoms with Gasteiger partial charge in [0.2, 0.25) is 0 Å². The van der Waals surface area contributed by atoms with Crippen LogP contribution in [0.4, 0.5) is 0 Å². The van der Waals surface area contributed by atoms with Crippen LogP contribution in [0.1, 0.15) is 37.3 Å². The molecule has 0 aliphatic heterocycles. The van der Waals surface area contributed by atoms with Gasteiger partial charge >= 0.3 is 5.97 Å². The molecule has 3 heteroatoms. The first kappa shape index (κ1) is 12.6. The number of nitrogens with zero attached hydrogens (tertiary/aromatic N) is 1. The molecular weight excluding hydrogens is 226 g/mol. The van der Waals surface area contributed by atoms with Gasteiger partial charge in [-0.2, -0.15) is 0 Å². The zero-order chi connectivity index (χ0) is 13.1. The Morgan fingerprint density at radius 3 is 2.78 bits per heavy atom. The highest BCUT2D eigenvalue weighted by Gasteiger charge is 2.06. The molecule has 94 valence electrons. The van der Waals surface area contributed by atoms with Crippen molar-refractivity contribution in [3.8, 4) is 0 Å². The summed E-state index contributed by atoms with van der Waals surface area (Å²) in [6, 6.07) is 6.12. The molecule has 1 aromatic heterocycles. The van der Waals surface area contributed by atoms with E-state index in [-0.39, 0.29) is 6.42 Å². The molecule has 1 heterocycles. The largest absolute Gasteiger partial charge is 0.481 e. The SMILES string of the molecule is CC(C)c1cncc2cc(CCC(=O)O)ccc12. The number of aryl methyl sites for hydroxylation is 1. The second-order valence-electron chi connectivity index (χ2n) is 4.83. The molecule has 0 saturated carbocycles. The lowest BCUT2D eigenvalue weighted by molar-refractivity contribution is -0.136. The molecular formula is C15H17NO2. The van der Waals surface area contributed by atoms with Gasteiger partial charge in [0.1, 0.15) is 0 Å². The maximum atomic E-state index is 10.6. The van der Waals surface area contributed by atoms with E-state index in [1.54, 1.807) is 0 Å². The minimum atomic E-state index is -0.760. The van der Waals surface area contributed by atoms with Gasteiger partial charge in [-0.05, 0) is 34.9 Å². The molecule has 0 fully saturated rings. The summed E-state index contributed by atoms with van der Waals surface area (Å²) in [4.78, 5) is 14.8. The van der Waals surface area contributed by atoms with Gasteiger partial charge < -0.3 is 5.11 Å². The molecule has 0 amide bonds. The van der Waals surface area contributed by atoms with Crippen LogP contribution in [0, 0.1) is 0 Å². The number of fused-ring (bicyclic) bond motifs is 1. The Labute approximate surface area is 106 Å². The number of pyridine rings is 1. The average Bonchev–Trinajstić information content (AvgIpc) is 2.35. The van der Waals surface area contributed by atoms with Gasteiger partial charge in [-0.25, -0.2) is 0 Å². The predicted molar refractivity (Wildman–Crippen MR) is 71.8 cm³/mol. The Hall–Kier alpha value is -1.90. The molecule has 0 saturated heterocycles. The lowest BCUT2D eigenvalue weighted by atomic mass is 9.97. The summed E-state index contributed by atoms with van der Waals surface area (Å²) in [6.07, 6.45) is 4.48. The van der Waals surface area contributed by atoms with E-state index in [9.17, 15) is 4.79 Å². The predicted octanol–water partition coefficient (Wildman–Crippen LogP) is 3.38. The van der Waals surface area contributed by atoms with Crippen molar-refractivity contribution in [3.05, 3.63) is 41.7 Å². The minimum Gasteiger partial charge on any atom is -0.481 e. The summed E-state index contributed by atoms with van der Waals surface area (Å²) in [5, 5.41) is 11.0. The molecule has 2 rings (SSSR count). The standard InChI is InChI=1S/C15H17NO2/c1-10(2)14-9-16-8-12-7-11(3-5-13(12)14)4-6-15(17)18/h3,5,7-10H,4,6H2,1-2H3,(H,17,18). The number of aromatic nitrogens is 1. The average molecular weight is 243 g/mol. The van der Waals surface area contributed by atoms with Crippen LogP contribution in [-0.4, -0.2) is 16.1 Å². The lowest BCUT2D eigenvalue weighted by Gasteiger charge is -2.10. The topological polar surface area (TPSA) is 50.2 Å². The van der Waals surface area contributed by atoms with Gasteiger partial charge in [-0.3, -0.25) is 9.78 Å². The highest BCUT2D eigenvalue weighted by molar-refractivity contribution is 5.85. The molecule has 1 N–H and O–H groups in total. The first-order chi connectivity index (χ1) is 8.58. The molecule has 0 atom stereocenters. The maximum absolute atomic E-state index is 10.6. The third-order valence-electron chi connectivity index (χ3n) is 3.10. The van der Waals surface area contributed by atoms with E-state index < -0.39 is 5.97 Å². The zero-order valence-corrected chi connectivity index (χ0v) is 10.7. The van der Waals surface area contributed by atoms with Crippen molar-refractivity contribution in [1.82, 2.24) is 4.98 Å². The van der Waals surface area contributed by atoms with Crippen molar-refractivity contribution in [1.29, 1.82) is 0 Å². The number of rotatable bonds is 4. The molecule has 0 radical (unpaired) electrons. The van der Waals surface area contributed by atoms with E-state index in [2.05, 4.69) is 24.9 Å². The van der Waals surface area contributed by atoms with E-state index in [1.165, 1.54) is 10.9 Å². The van der Waals surface area contributed by atoms with Crippen LogP contribution in [0.3, 0.4) is 0 Å². The molecule has 0 unspecified atom stereocenters. The first-order valence-electron chi connectivity index (χ1n) is 6.16. The summed E-state index contributed by atoms with van der Waals surface area (Å²) >= 11 is 0. The number of hydrogen-bond acceptors (Lipinski definition) is 2. The normalized spacial score (nSPS) is 11.1. The van der Waals surface area contributed by atoms with Crippen molar-refractivity contribution in [2.75, 3.05) is 0 Å². The summed E-state index contributed by atoms with van der Waals surface area (Å²) in [7, 11) is 0. The van der Waals surface area contributed by atoms with Gasteiger partial charge in [0.05, 0.1) is 0 Å².